The van der Waals surface area contributed by atoms with E-state index in [-0.39, 0.29) is 5.91 Å². The second kappa shape index (κ2) is 5.02. The number of carbonyl (C=O) groups excluding carboxylic acids is 1. The van der Waals surface area contributed by atoms with Crippen LogP contribution in [0.2, 0.25) is 0 Å². The second-order valence-corrected chi connectivity index (χ2v) is 3.81. The molecule has 1 heterocycles. The van der Waals surface area contributed by atoms with Gasteiger partial charge in [-0.15, -0.1) is 11.3 Å². The van der Waals surface area contributed by atoms with Gasteiger partial charge in [-0.25, -0.2) is 0 Å². The van der Waals surface area contributed by atoms with Crippen molar-refractivity contribution < 1.29 is 4.79 Å². The number of thiophene rings is 1. The molecular formula is C10H15NOS. The molecule has 13 heavy (non-hydrogen) atoms. The fourth-order valence-electron chi connectivity index (χ4n) is 1.23. The maximum Gasteiger partial charge on any atom is 0.263 e. The summed E-state index contributed by atoms with van der Waals surface area (Å²) >= 11 is 1.51. The van der Waals surface area contributed by atoms with Gasteiger partial charge in [0.15, 0.2) is 0 Å². The van der Waals surface area contributed by atoms with Crippen molar-refractivity contribution in [2.45, 2.75) is 20.3 Å². The van der Waals surface area contributed by atoms with Crippen LogP contribution in [0.4, 0.5) is 0 Å². The summed E-state index contributed by atoms with van der Waals surface area (Å²) in [4.78, 5) is 14.5. The molecule has 0 saturated heterocycles. The van der Waals surface area contributed by atoms with Crippen LogP contribution in [0.25, 0.3) is 0 Å². The number of hydrogen-bond donors (Lipinski definition) is 0. The molecule has 1 aromatic rings. The molecule has 0 N–H and O–H groups in total. The van der Waals surface area contributed by atoms with Gasteiger partial charge in [-0.1, -0.05) is 13.0 Å². The van der Waals surface area contributed by atoms with E-state index >= 15 is 0 Å². The van der Waals surface area contributed by atoms with Crippen molar-refractivity contribution in [1.82, 2.24) is 4.90 Å². The summed E-state index contributed by atoms with van der Waals surface area (Å²) in [5.74, 6) is 0.166. The van der Waals surface area contributed by atoms with E-state index in [1.54, 1.807) is 0 Å². The van der Waals surface area contributed by atoms with Crippen LogP contribution in [0.15, 0.2) is 17.5 Å². The number of amides is 1. The van der Waals surface area contributed by atoms with Crippen molar-refractivity contribution in [3.05, 3.63) is 22.4 Å². The predicted octanol–water partition coefficient (Wildman–Crippen LogP) is 2.62. The molecule has 0 aliphatic heterocycles. The van der Waals surface area contributed by atoms with Crippen molar-refractivity contribution >= 4 is 17.2 Å². The normalized spacial score (nSPS) is 10.0. The van der Waals surface area contributed by atoms with Crippen LogP contribution in [0.1, 0.15) is 29.9 Å². The van der Waals surface area contributed by atoms with Gasteiger partial charge in [-0.05, 0) is 24.8 Å². The fourth-order valence-corrected chi connectivity index (χ4v) is 1.92. The minimum absolute atomic E-state index is 0.166. The molecule has 1 aromatic heterocycles. The minimum atomic E-state index is 0.166. The second-order valence-electron chi connectivity index (χ2n) is 2.86. The molecule has 0 aliphatic rings. The van der Waals surface area contributed by atoms with Gasteiger partial charge in [0, 0.05) is 13.1 Å². The van der Waals surface area contributed by atoms with Crippen LogP contribution in [0.3, 0.4) is 0 Å². The van der Waals surface area contributed by atoms with Crippen molar-refractivity contribution in [3.63, 3.8) is 0 Å². The van der Waals surface area contributed by atoms with Gasteiger partial charge in [-0.3, -0.25) is 4.79 Å². The molecule has 0 unspecified atom stereocenters. The van der Waals surface area contributed by atoms with E-state index in [1.807, 2.05) is 29.3 Å². The Hall–Kier alpha value is -0.830. The largest absolute Gasteiger partial charge is 0.338 e. The zero-order chi connectivity index (χ0) is 9.68. The van der Waals surface area contributed by atoms with E-state index in [2.05, 4.69) is 6.92 Å². The maximum atomic E-state index is 11.8. The third-order valence-electron chi connectivity index (χ3n) is 1.89. The Morgan fingerprint density at radius 3 is 2.77 bits per heavy atom. The van der Waals surface area contributed by atoms with E-state index in [4.69, 9.17) is 0 Å². The van der Waals surface area contributed by atoms with Gasteiger partial charge in [0.2, 0.25) is 0 Å². The number of rotatable bonds is 4. The lowest BCUT2D eigenvalue weighted by molar-refractivity contribution is 0.0769. The fraction of sp³-hybridized carbons (Fsp3) is 0.500. The highest BCUT2D eigenvalue weighted by Gasteiger charge is 2.13. The van der Waals surface area contributed by atoms with Gasteiger partial charge in [0.05, 0.1) is 4.88 Å². The number of hydrogen-bond acceptors (Lipinski definition) is 2. The van der Waals surface area contributed by atoms with Gasteiger partial charge < -0.3 is 4.90 Å². The molecule has 3 heteroatoms. The predicted molar refractivity (Wildman–Crippen MR) is 56.2 cm³/mol. The Morgan fingerprint density at radius 1 is 1.54 bits per heavy atom. The molecule has 0 atom stereocenters. The minimum Gasteiger partial charge on any atom is -0.338 e. The Morgan fingerprint density at radius 2 is 2.31 bits per heavy atom. The van der Waals surface area contributed by atoms with E-state index in [1.165, 1.54) is 11.3 Å². The first-order valence-electron chi connectivity index (χ1n) is 4.62. The lowest BCUT2D eigenvalue weighted by Crippen LogP contribution is -2.30. The molecule has 0 aliphatic carbocycles. The Balaban J connectivity index is 2.65. The Bertz CT molecular complexity index is 256. The average Bonchev–Trinajstić information content (AvgIpc) is 2.65. The molecule has 0 fully saturated rings. The molecule has 1 rings (SSSR count). The van der Waals surface area contributed by atoms with Crippen LogP contribution in [-0.4, -0.2) is 23.9 Å². The molecule has 72 valence electrons. The topological polar surface area (TPSA) is 20.3 Å². The highest BCUT2D eigenvalue weighted by Crippen LogP contribution is 2.11. The molecular weight excluding hydrogens is 182 g/mol. The molecule has 0 spiro atoms. The van der Waals surface area contributed by atoms with Crippen molar-refractivity contribution in [3.8, 4) is 0 Å². The summed E-state index contributed by atoms with van der Waals surface area (Å²) in [5, 5.41) is 1.94. The summed E-state index contributed by atoms with van der Waals surface area (Å²) in [6.45, 7) is 5.75. The first-order valence-corrected chi connectivity index (χ1v) is 5.50. The third-order valence-corrected chi connectivity index (χ3v) is 2.75. The van der Waals surface area contributed by atoms with Gasteiger partial charge >= 0.3 is 0 Å². The summed E-state index contributed by atoms with van der Waals surface area (Å²) in [6.07, 6.45) is 1.02. The van der Waals surface area contributed by atoms with Crippen LogP contribution in [-0.2, 0) is 0 Å². The summed E-state index contributed by atoms with van der Waals surface area (Å²) in [7, 11) is 0. The monoisotopic (exact) mass is 197 g/mol. The first-order chi connectivity index (χ1) is 6.29. The molecule has 0 saturated carbocycles. The van der Waals surface area contributed by atoms with Crippen LogP contribution in [0, 0.1) is 0 Å². The first kappa shape index (κ1) is 10.3. The average molecular weight is 197 g/mol. The lowest BCUT2D eigenvalue weighted by Gasteiger charge is -2.18. The maximum absolute atomic E-state index is 11.8. The number of nitrogens with zero attached hydrogens (tertiary/aromatic N) is 1. The quantitative estimate of drug-likeness (QED) is 0.726. The number of carbonyl (C=O) groups is 1. The van der Waals surface area contributed by atoms with Gasteiger partial charge in [0.25, 0.3) is 5.91 Å². The zero-order valence-corrected chi connectivity index (χ0v) is 8.93. The molecule has 0 radical (unpaired) electrons. The van der Waals surface area contributed by atoms with Crippen LogP contribution in [0.5, 0.6) is 0 Å². The summed E-state index contributed by atoms with van der Waals surface area (Å²) in [5.41, 5.74) is 0. The highest BCUT2D eigenvalue weighted by molar-refractivity contribution is 7.12. The van der Waals surface area contributed by atoms with E-state index < -0.39 is 0 Å². The third kappa shape index (κ3) is 2.56. The smallest absolute Gasteiger partial charge is 0.263 e. The van der Waals surface area contributed by atoms with Crippen LogP contribution >= 0.6 is 11.3 Å². The Kier molecular flexibility index (Phi) is 3.96. The Labute approximate surface area is 83.2 Å². The highest BCUT2D eigenvalue weighted by atomic mass is 32.1. The van der Waals surface area contributed by atoms with Crippen molar-refractivity contribution in [2.75, 3.05) is 13.1 Å². The summed E-state index contributed by atoms with van der Waals surface area (Å²) in [6, 6.07) is 3.79. The van der Waals surface area contributed by atoms with Crippen molar-refractivity contribution in [2.24, 2.45) is 0 Å². The molecule has 2 nitrogen and oxygen atoms in total. The van der Waals surface area contributed by atoms with Gasteiger partial charge in [0.1, 0.15) is 0 Å². The SMILES string of the molecule is CCCN(CC)C(=O)c1cccs1. The summed E-state index contributed by atoms with van der Waals surface area (Å²) < 4.78 is 0. The molecule has 0 bridgehead atoms. The van der Waals surface area contributed by atoms with E-state index in [0.29, 0.717) is 0 Å². The van der Waals surface area contributed by atoms with E-state index in [9.17, 15) is 4.79 Å². The lowest BCUT2D eigenvalue weighted by atomic mass is 10.3. The zero-order valence-electron chi connectivity index (χ0n) is 8.12. The van der Waals surface area contributed by atoms with E-state index in [0.717, 1.165) is 24.4 Å². The molecule has 0 aromatic carbocycles. The molecule has 1 amide bonds. The van der Waals surface area contributed by atoms with Gasteiger partial charge in [-0.2, -0.15) is 0 Å². The van der Waals surface area contributed by atoms with Crippen molar-refractivity contribution in [1.29, 1.82) is 0 Å². The van der Waals surface area contributed by atoms with Crippen LogP contribution < -0.4 is 0 Å². The standard InChI is InChI=1S/C10H15NOS/c1-3-7-11(4-2)10(12)9-6-5-8-13-9/h5-6,8H,3-4,7H2,1-2H3.